The number of nitrogens with one attached hydrogen (secondary N) is 2. The maximum absolute atomic E-state index is 12.8. The number of amides is 1. The predicted octanol–water partition coefficient (Wildman–Crippen LogP) is 4.18. The molecule has 0 spiro atoms. The zero-order valence-corrected chi connectivity index (χ0v) is 18.0. The largest absolute Gasteiger partial charge is 0.497 e. The lowest BCUT2D eigenvalue weighted by Crippen LogP contribution is -2.34. The number of carbonyl (C=O) groups is 1. The van der Waals surface area contributed by atoms with Crippen molar-refractivity contribution in [3.8, 4) is 5.75 Å². The second kappa shape index (κ2) is 8.82. The molecule has 2 aromatic carbocycles. The van der Waals surface area contributed by atoms with Crippen molar-refractivity contribution >= 4 is 17.3 Å². The Hall–Kier alpha value is -2.95. The second-order valence-electron chi connectivity index (χ2n) is 8.24. The Bertz CT molecular complexity index is 953. The molecule has 2 aliphatic heterocycles. The summed E-state index contributed by atoms with van der Waals surface area (Å²) in [6, 6.07) is 12.4. The van der Waals surface area contributed by atoms with Crippen molar-refractivity contribution in [2.45, 2.75) is 38.6 Å². The standard InChI is InChI=1S/C25H31N3O2/c1-17-15-20-7-4-9-22(24(20)27-18(17)2)25(29)26-12-6-14-28-13-5-8-19-16-21(30-3)10-11-23(19)28/h4,7,9-11,16,18,27H,1,5-6,8,12-15H2,2-3H3,(H,26,29). The van der Waals surface area contributed by atoms with E-state index < -0.39 is 0 Å². The SMILES string of the molecule is C=C1Cc2cccc(C(=O)NCCCN3CCCc4cc(OC)ccc43)c2NC1C. The lowest BCUT2D eigenvalue weighted by atomic mass is 9.92. The Kier molecular flexibility index (Phi) is 5.98. The van der Waals surface area contributed by atoms with Crippen molar-refractivity contribution in [1.82, 2.24) is 5.32 Å². The summed E-state index contributed by atoms with van der Waals surface area (Å²) in [4.78, 5) is 15.2. The first-order valence-electron chi connectivity index (χ1n) is 10.8. The van der Waals surface area contributed by atoms with Gasteiger partial charge in [0.2, 0.25) is 0 Å². The number of aryl methyl sites for hydroxylation is 1. The van der Waals surface area contributed by atoms with E-state index in [1.807, 2.05) is 18.2 Å². The Morgan fingerprint density at radius 3 is 3.00 bits per heavy atom. The van der Waals surface area contributed by atoms with Crippen LogP contribution in [0, 0.1) is 0 Å². The van der Waals surface area contributed by atoms with Gasteiger partial charge in [0.1, 0.15) is 5.75 Å². The van der Waals surface area contributed by atoms with E-state index >= 15 is 0 Å². The fourth-order valence-electron chi connectivity index (χ4n) is 4.40. The third-order valence-corrected chi connectivity index (χ3v) is 6.18. The van der Waals surface area contributed by atoms with Gasteiger partial charge in [-0.25, -0.2) is 0 Å². The molecule has 0 aliphatic carbocycles. The molecular weight excluding hydrogens is 374 g/mol. The molecule has 0 aromatic heterocycles. The Morgan fingerprint density at radius 1 is 1.30 bits per heavy atom. The van der Waals surface area contributed by atoms with Crippen LogP contribution in [0.3, 0.4) is 0 Å². The van der Waals surface area contributed by atoms with Crippen LogP contribution in [0.5, 0.6) is 5.75 Å². The van der Waals surface area contributed by atoms with Gasteiger partial charge in [-0.05, 0) is 68.0 Å². The van der Waals surface area contributed by atoms with Crippen molar-refractivity contribution in [2.24, 2.45) is 0 Å². The molecule has 2 aromatic rings. The van der Waals surface area contributed by atoms with Gasteiger partial charge in [-0.2, -0.15) is 0 Å². The Balaban J connectivity index is 1.34. The van der Waals surface area contributed by atoms with Crippen molar-refractivity contribution < 1.29 is 9.53 Å². The predicted molar refractivity (Wildman–Crippen MR) is 123 cm³/mol. The molecule has 0 bridgehead atoms. The van der Waals surface area contributed by atoms with Gasteiger partial charge < -0.3 is 20.3 Å². The summed E-state index contributed by atoms with van der Waals surface area (Å²) in [5.41, 5.74) is 6.62. The first-order chi connectivity index (χ1) is 14.6. The normalized spacial score (nSPS) is 17.6. The maximum atomic E-state index is 12.8. The highest BCUT2D eigenvalue weighted by Crippen LogP contribution is 2.31. The monoisotopic (exact) mass is 405 g/mol. The number of carbonyl (C=O) groups excluding carboxylic acids is 1. The summed E-state index contributed by atoms with van der Waals surface area (Å²) in [5, 5.41) is 6.55. The van der Waals surface area contributed by atoms with Crippen LogP contribution >= 0.6 is 0 Å². The molecular formula is C25H31N3O2. The summed E-state index contributed by atoms with van der Waals surface area (Å²) >= 11 is 0. The number of benzene rings is 2. The molecule has 30 heavy (non-hydrogen) atoms. The van der Waals surface area contributed by atoms with E-state index in [0.29, 0.717) is 6.54 Å². The van der Waals surface area contributed by atoms with Gasteiger partial charge in [0.15, 0.2) is 0 Å². The van der Waals surface area contributed by atoms with Gasteiger partial charge >= 0.3 is 0 Å². The van der Waals surface area contributed by atoms with E-state index in [2.05, 4.69) is 47.2 Å². The third kappa shape index (κ3) is 4.16. The number of ether oxygens (including phenoxy) is 1. The first kappa shape index (κ1) is 20.3. The lowest BCUT2D eigenvalue weighted by molar-refractivity contribution is 0.0954. The summed E-state index contributed by atoms with van der Waals surface area (Å²) in [7, 11) is 1.71. The third-order valence-electron chi connectivity index (χ3n) is 6.18. The van der Waals surface area contributed by atoms with Crippen molar-refractivity contribution in [2.75, 3.05) is 37.0 Å². The van der Waals surface area contributed by atoms with Gasteiger partial charge in [-0.1, -0.05) is 24.3 Å². The zero-order valence-electron chi connectivity index (χ0n) is 18.0. The molecule has 5 nitrogen and oxygen atoms in total. The first-order valence-corrected chi connectivity index (χ1v) is 10.8. The van der Waals surface area contributed by atoms with E-state index in [0.717, 1.165) is 66.9 Å². The zero-order chi connectivity index (χ0) is 21.1. The van der Waals surface area contributed by atoms with Crippen LogP contribution in [0.25, 0.3) is 0 Å². The quantitative estimate of drug-likeness (QED) is 0.559. The minimum absolute atomic E-state index is 0.0113. The minimum Gasteiger partial charge on any atom is -0.497 e. The highest BCUT2D eigenvalue weighted by Gasteiger charge is 2.22. The van der Waals surface area contributed by atoms with Gasteiger partial charge in [-0.15, -0.1) is 0 Å². The Morgan fingerprint density at radius 2 is 2.17 bits per heavy atom. The number of nitrogens with zero attached hydrogens (tertiary/aromatic N) is 1. The topological polar surface area (TPSA) is 53.6 Å². The van der Waals surface area contributed by atoms with E-state index in [1.54, 1.807) is 7.11 Å². The Labute approximate surface area is 179 Å². The van der Waals surface area contributed by atoms with Crippen molar-refractivity contribution in [3.05, 3.63) is 65.2 Å². The molecule has 2 N–H and O–H groups in total. The van der Waals surface area contributed by atoms with Gasteiger partial charge in [-0.3, -0.25) is 4.79 Å². The molecule has 1 unspecified atom stereocenters. The molecule has 0 fully saturated rings. The van der Waals surface area contributed by atoms with E-state index in [-0.39, 0.29) is 11.9 Å². The van der Waals surface area contributed by atoms with Crippen LogP contribution < -0.4 is 20.3 Å². The number of anilines is 2. The second-order valence-corrected chi connectivity index (χ2v) is 8.24. The van der Waals surface area contributed by atoms with Crippen LogP contribution in [0.1, 0.15) is 41.3 Å². The van der Waals surface area contributed by atoms with Crippen molar-refractivity contribution in [3.63, 3.8) is 0 Å². The number of hydrogen-bond donors (Lipinski definition) is 2. The number of fused-ring (bicyclic) bond motifs is 2. The molecule has 5 heteroatoms. The highest BCUT2D eigenvalue weighted by atomic mass is 16.5. The smallest absolute Gasteiger partial charge is 0.253 e. The van der Waals surface area contributed by atoms with E-state index in [4.69, 9.17) is 4.74 Å². The van der Waals surface area contributed by atoms with Gasteiger partial charge in [0.25, 0.3) is 5.91 Å². The highest BCUT2D eigenvalue weighted by molar-refractivity contribution is 6.00. The van der Waals surface area contributed by atoms with Crippen LogP contribution in [-0.4, -0.2) is 38.7 Å². The average Bonchev–Trinajstić information content (AvgIpc) is 2.76. The molecule has 1 atom stereocenters. The van der Waals surface area contributed by atoms with Crippen LogP contribution in [-0.2, 0) is 12.8 Å². The minimum atomic E-state index is -0.0113. The summed E-state index contributed by atoms with van der Waals surface area (Å²) in [6.07, 6.45) is 3.98. The number of rotatable bonds is 6. The molecule has 2 heterocycles. The fraction of sp³-hybridized carbons (Fsp3) is 0.400. The summed E-state index contributed by atoms with van der Waals surface area (Å²) < 4.78 is 5.36. The molecule has 0 radical (unpaired) electrons. The molecule has 4 rings (SSSR count). The van der Waals surface area contributed by atoms with E-state index in [9.17, 15) is 4.79 Å². The van der Waals surface area contributed by atoms with E-state index in [1.165, 1.54) is 11.3 Å². The van der Waals surface area contributed by atoms with Crippen LogP contribution in [0.4, 0.5) is 11.4 Å². The maximum Gasteiger partial charge on any atom is 0.253 e. The fourth-order valence-corrected chi connectivity index (χ4v) is 4.40. The number of hydrogen-bond acceptors (Lipinski definition) is 4. The van der Waals surface area contributed by atoms with Crippen molar-refractivity contribution in [1.29, 1.82) is 0 Å². The van der Waals surface area contributed by atoms with Gasteiger partial charge in [0, 0.05) is 31.4 Å². The molecule has 0 saturated heterocycles. The summed E-state index contributed by atoms with van der Waals surface area (Å²) in [5.74, 6) is 0.906. The number of para-hydroxylation sites is 1. The molecule has 158 valence electrons. The average molecular weight is 406 g/mol. The lowest BCUT2D eigenvalue weighted by Gasteiger charge is -2.31. The molecule has 2 aliphatic rings. The molecule has 0 saturated carbocycles. The summed E-state index contributed by atoms with van der Waals surface area (Å²) in [6.45, 7) is 8.87. The van der Waals surface area contributed by atoms with Crippen LogP contribution in [0.2, 0.25) is 0 Å². The molecule has 1 amide bonds. The van der Waals surface area contributed by atoms with Gasteiger partial charge in [0.05, 0.1) is 18.4 Å². The van der Waals surface area contributed by atoms with Crippen LogP contribution in [0.15, 0.2) is 48.6 Å². The number of methoxy groups -OCH3 is 1.